The lowest BCUT2D eigenvalue weighted by atomic mass is 9.91. The summed E-state index contributed by atoms with van der Waals surface area (Å²) in [4.78, 5) is 15.5. The molecule has 22 heavy (non-hydrogen) atoms. The van der Waals surface area contributed by atoms with Crippen molar-refractivity contribution in [2.24, 2.45) is 4.99 Å². The van der Waals surface area contributed by atoms with E-state index < -0.39 is 5.60 Å². The van der Waals surface area contributed by atoms with E-state index in [1.54, 1.807) is 13.0 Å². The number of carbonyl (C=O) groups is 1. The quantitative estimate of drug-likeness (QED) is 0.872. The van der Waals surface area contributed by atoms with E-state index >= 15 is 0 Å². The maximum atomic E-state index is 11.0. The lowest BCUT2D eigenvalue weighted by Crippen LogP contribution is -2.36. The second kappa shape index (κ2) is 5.99. The molecule has 1 aromatic rings. The van der Waals surface area contributed by atoms with Crippen LogP contribution < -0.4 is 4.74 Å². The van der Waals surface area contributed by atoms with E-state index in [-0.39, 0.29) is 17.8 Å². The molecule has 1 aliphatic rings. The smallest absolute Gasteiger partial charge is 0.302 e. The van der Waals surface area contributed by atoms with Crippen LogP contribution in [-0.4, -0.2) is 35.0 Å². The van der Waals surface area contributed by atoms with Crippen LogP contribution >= 0.6 is 0 Å². The zero-order valence-electron chi connectivity index (χ0n) is 13.8. The van der Waals surface area contributed by atoms with Crippen molar-refractivity contribution < 1.29 is 19.4 Å². The van der Waals surface area contributed by atoms with E-state index in [0.29, 0.717) is 24.3 Å². The topological polar surface area (TPSA) is 68.1 Å². The van der Waals surface area contributed by atoms with Crippen LogP contribution in [0.15, 0.2) is 17.1 Å². The fourth-order valence-electron chi connectivity index (χ4n) is 2.62. The van der Waals surface area contributed by atoms with E-state index in [1.807, 2.05) is 26.8 Å². The van der Waals surface area contributed by atoms with Crippen molar-refractivity contribution in [3.63, 3.8) is 0 Å². The number of hydrogen-bond acceptors (Lipinski definition) is 5. The van der Waals surface area contributed by atoms with Crippen molar-refractivity contribution in [3.8, 4) is 11.5 Å². The number of aromatic hydroxyl groups is 1. The summed E-state index contributed by atoms with van der Waals surface area (Å²) in [5.74, 6) is 0.496. The van der Waals surface area contributed by atoms with Crippen molar-refractivity contribution in [1.82, 2.24) is 0 Å². The van der Waals surface area contributed by atoms with E-state index in [1.165, 1.54) is 6.92 Å². The molecule has 2 rings (SSSR count). The Balaban J connectivity index is 2.34. The standard InChI is InChI=1S/C17H23NO4/c1-10-6-14(20)16-13(18-9-11(2)21-12(3)19)8-17(4,5)22-15(16)7-10/h6-7,11,20H,8-9H2,1-5H3. The number of esters is 1. The third kappa shape index (κ3) is 3.78. The van der Waals surface area contributed by atoms with Gasteiger partial charge in [-0.05, 0) is 45.4 Å². The number of nitrogens with zero attached hydrogens (tertiary/aromatic N) is 1. The number of aliphatic imine (C=N–C) groups is 1. The number of ether oxygens (including phenoxy) is 2. The number of hydrogen-bond donors (Lipinski definition) is 1. The van der Waals surface area contributed by atoms with Gasteiger partial charge < -0.3 is 14.6 Å². The molecular formula is C17H23NO4. The number of aryl methyl sites for hydroxylation is 1. The third-order valence-corrected chi connectivity index (χ3v) is 3.40. The van der Waals surface area contributed by atoms with Crippen molar-refractivity contribution in [2.45, 2.75) is 52.7 Å². The minimum absolute atomic E-state index is 0.171. The SMILES string of the molecule is CC(=O)OC(C)CN=C1CC(C)(C)Oc2cc(C)cc(O)c21. The summed E-state index contributed by atoms with van der Waals surface area (Å²) in [6.07, 6.45) is 0.288. The van der Waals surface area contributed by atoms with Gasteiger partial charge in [-0.3, -0.25) is 9.79 Å². The fourth-order valence-corrected chi connectivity index (χ4v) is 2.62. The van der Waals surface area contributed by atoms with Gasteiger partial charge in [0.15, 0.2) is 0 Å². The van der Waals surface area contributed by atoms with Crippen molar-refractivity contribution in [3.05, 3.63) is 23.3 Å². The molecule has 0 spiro atoms. The number of carbonyl (C=O) groups excluding carboxylic acids is 1. The first kappa shape index (κ1) is 16.3. The minimum Gasteiger partial charge on any atom is -0.507 e. The van der Waals surface area contributed by atoms with Gasteiger partial charge in [-0.15, -0.1) is 0 Å². The Kier molecular flexibility index (Phi) is 4.44. The highest BCUT2D eigenvalue weighted by atomic mass is 16.5. The normalized spacial score (nSPS) is 19.2. The van der Waals surface area contributed by atoms with Gasteiger partial charge in [-0.2, -0.15) is 0 Å². The highest BCUT2D eigenvalue weighted by Gasteiger charge is 2.33. The Morgan fingerprint density at radius 1 is 1.50 bits per heavy atom. The molecule has 0 bridgehead atoms. The molecule has 0 saturated heterocycles. The monoisotopic (exact) mass is 305 g/mol. The van der Waals surface area contributed by atoms with Crippen LogP contribution in [-0.2, 0) is 9.53 Å². The van der Waals surface area contributed by atoms with E-state index in [9.17, 15) is 9.90 Å². The third-order valence-electron chi connectivity index (χ3n) is 3.40. The number of phenols is 1. The number of benzene rings is 1. The fraction of sp³-hybridized carbons (Fsp3) is 0.529. The Bertz CT molecular complexity index is 619. The first-order valence-electron chi connectivity index (χ1n) is 7.41. The highest BCUT2D eigenvalue weighted by molar-refractivity contribution is 6.06. The summed E-state index contributed by atoms with van der Waals surface area (Å²) >= 11 is 0. The molecule has 1 N–H and O–H groups in total. The van der Waals surface area contributed by atoms with Gasteiger partial charge in [-0.1, -0.05) is 0 Å². The van der Waals surface area contributed by atoms with Gasteiger partial charge in [0.1, 0.15) is 23.2 Å². The van der Waals surface area contributed by atoms with Gasteiger partial charge in [0.05, 0.1) is 17.8 Å². The molecule has 0 radical (unpaired) electrons. The van der Waals surface area contributed by atoms with Crippen molar-refractivity contribution >= 4 is 11.7 Å². The van der Waals surface area contributed by atoms with Crippen LogP contribution in [0.25, 0.3) is 0 Å². The van der Waals surface area contributed by atoms with Crippen LogP contribution in [0.2, 0.25) is 0 Å². The first-order valence-corrected chi connectivity index (χ1v) is 7.41. The Morgan fingerprint density at radius 2 is 2.18 bits per heavy atom. The zero-order chi connectivity index (χ0) is 16.5. The Labute approximate surface area is 131 Å². The Hall–Kier alpha value is -2.04. The predicted molar refractivity (Wildman–Crippen MR) is 84.8 cm³/mol. The lowest BCUT2D eigenvalue weighted by Gasteiger charge is -2.34. The van der Waals surface area contributed by atoms with E-state index in [4.69, 9.17) is 9.47 Å². The number of rotatable bonds is 3. The molecule has 5 heteroatoms. The average Bonchev–Trinajstić information content (AvgIpc) is 2.32. The summed E-state index contributed by atoms with van der Waals surface area (Å²) in [7, 11) is 0. The van der Waals surface area contributed by atoms with Crippen LogP contribution in [0.1, 0.15) is 45.2 Å². The largest absolute Gasteiger partial charge is 0.507 e. The van der Waals surface area contributed by atoms with E-state index in [2.05, 4.69) is 4.99 Å². The maximum Gasteiger partial charge on any atom is 0.302 e. The summed E-state index contributed by atoms with van der Waals surface area (Å²) in [5.41, 5.74) is 1.96. The van der Waals surface area contributed by atoms with Crippen LogP contribution in [0.4, 0.5) is 0 Å². The van der Waals surface area contributed by atoms with Gasteiger partial charge in [0, 0.05) is 13.3 Å². The van der Waals surface area contributed by atoms with Gasteiger partial charge in [0.2, 0.25) is 0 Å². The van der Waals surface area contributed by atoms with Crippen LogP contribution in [0, 0.1) is 6.92 Å². The molecule has 0 fully saturated rings. The average molecular weight is 305 g/mol. The molecule has 0 saturated carbocycles. The lowest BCUT2D eigenvalue weighted by molar-refractivity contribution is -0.144. The number of phenolic OH excluding ortho intramolecular Hbond substituents is 1. The van der Waals surface area contributed by atoms with Gasteiger partial charge in [0.25, 0.3) is 0 Å². The molecule has 1 unspecified atom stereocenters. The molecule has 0 aromatic heterocycles. The van der Waals surface area contributed by atoms with Gasteiger partial charge in [-0.25, -0.2) is 0 Å². The van der Waals surface area contributed by atoms with Crippen LogP contribution in [0.3, 0.4) is 0 Å². The molecule has 0 amide bonds. The second-order valence-corrected chi connectivity index (χ2v) is 6.40. The van der Waals surface area contributed by atoms with Crippen molar-refractivity contribution in [1.29, 1.82) is 0 Å². The molecule has 1 aromatic carbocycles. The predicted octanol–water partition coefficient (Wildman–Crippen LogP) is 3.00. The van der Waals surface area contributed by atoms with E-state index in [0.717, 1.165) is 11.3 Å². The summed E-state index contributed by atoms with van der Waals surface area (Å²) in [6.45, 7) is 9.42. The second-order valence-electron chi connectivity index (χ2n) is 6.40. The Morgan fingerprint density at radius 3 is 2.82 bits per heavy atom. The summed E-state index contributed by atoms with van der Waals surface area (Å²) in [6, 6.07) is 3.60. The number of fused-ring (bicyclic) bond motifs is 1. The molecule has 0 aliphatic carbocycles. The summed E-state index contributed by atoms with van der Waals surface area (Å²) in [5, 5.41) is 10.2. The molecule has 5 nitrogen and oxygen atoms in total. The summed E-state index contributed by atoms with van der Waals surface area (Å²) < 4.78 is 11.0. The van der Waals surface area contributed by atoms with Crippen molar-refractivity contribution in [2.75, 3.05) is 6.54 Å². The first-order chi connectivity index (χ1) is 10.2. The minimum atomic E-state index is -0.392. The highest BCUT2D eigenvalue weighted by Crippen LogP contribution is 2.39. The molecule has 1 heterocycles. The molecule has 120 valence electrons. The maximum absolute atomic E-state index is 11.0. The molecular weight excluding hydrogens is 282 g/mol. The zero-order valence-corrected chi connectivity index (χ0v) is 13.8. The molecule has 1 atom stereocenters. The molecule has 1 aliphatic heterocycles. The van der Waals surface area contributed by atoms with Gasteiger partial charge >= 0.3 is 5.97 Å². The van der Waals surface area contributed by atoms with Crippen LogP contribution in [0.5, 0.6) is 11.5 Å².